The molecule has 106 valence electrons. The van der Waals surface area contributed by atoms with E-state index in [2.05, 4.69) is 15.0 Å². The van der Waals surface area contributed by atoms with Crippen LogP contribution >= 0.6 is 0 Å². The second kappa shape index (κ2) is 6.16. The Hall–Kier alpha value is -2.41. The highest BCUT2D eigenvalue weighted by Gasteiger charge is 2.10. The first-order valence-electron chi connectivity index (χ1n) is 6.13. The first-order chi connectivity index (χ1) is 9.58. The quantitative estimate of drug-likeness (QED) is 0.853. The summed E-state index contributed by atoms with van der Waals surface area (Å²) < 4.78 is 10.9. The van der Waals surface area contributed by atoms with Gasteiger partial charge in [-0.1, -0.05) is 18.2 Å². The Morgan fingerprint density at radius 2 is 1.85 bits per heavy atom. The molecule has 1 aromatic heterocycles. The molecule has 0 fully saturated rings. The van der Waals surface area contributed by atoms with Gasteiger partial charge in [0, 0.05) is 5.56 Å². The first-order valence-corrected chi connectivity index (χ1v) is 6.13. The molecule has 7 nitrogen and oxygen atoms in total. The molecule has 0 spiro atoms. The van der Waals surface area contributed by atoms with E-state index in [9.17, 15) is 5.11 Å². The Labute approximate surface area is 116 Å². The normalized spacial score (nSPS) is 10.6. The summed E-state index contributed by atoms with van der Waals surface area (Å²) in [5.41, 5.74) is 6.21. The second-order valence-electron chi connectivity index (χ2n) is 4.29. The average molecular weight is 276 g/mol. The van der Waals surface area contributed by atoms with Crippen molar-refractivity contribution in [2.24, 2.45) is 0 Å². The molecule has 2 aromatic rings. The molecular formula is C13H16N4O3. The number of ether oxygens (including phenoxy) is 2. The van der Waals surface area contributed by atoms with Crippen LogP contribution in [-0.4, -0.2) is 26.2 Å². The lowest BCUT2D eigenvalue weighted by molar-refractivity contribution is 0.218. The highest BCUT2D eigenvalue weighted by Crippen LogP contribution is 2.24. The number of aromatic nitrogens is 3. The molecule has 2 rings (SSSR count). The Balaban J connectivity index is 2.26. The van der Waals surface area contributed by atoms with E-state index in [1.54, 1.807) is 24.3 Å². The number of para-hydroxylation sites is 1. The zero-order chi connectivity index (χ0) is 14.5. The van der Waals surface area contributed by atoms with Gasteiger partial charge in [-0.2, -0.15) is 9.97 Å². The van der Waals surface area contributed by atoms with Gasteiger partial charge in [0.15, 0.2) is 0 Å². The average Bonchev–Trinajstić information content (AvgIpc) is 2.37. The maximum Gasteiger partial charge on any atom is 0.330 e. The first kappa shape index (κ1) is 14.0. The number of hydrogen-bond acceptors (Lipinski definition) is 7. The lowest BCUT2D eigenvalue weighted by Gasteiger charge is -2.10. The van der Waals surface area contributed by atoms with Crippen LogP contribution in [0.4, 0.5) is 5.95 Å². The summed E-state index contributed by atoms with van der Waals surface area (Å²) in [7, 11) is 0. The Morgan fingerprint density at radius 3 is 2.55 bits per heavy atom. The van der Waals surface area contributed by atoms with E-state index in [4.69, 9.17) is 15.2 Å². The van der Waals surface area contributed by atoms with Gasteiger partial charge in [0.05, 0.1) is 12.7 Å². The monoisotopic (exact) mass is 276 g/mol. The van der Waals surface area contributed by atoms with Gasteiger partial charge < -0.3 is 20.3 Å². The molecule has 7 heteroatoms. The minimum Gasteiger partial charge on any atom is -0.461 e. The second-order valence-corrected chi connectivity index (χ2v) is 4.29. The number of nitrogen functional groups attached to an aromatic ring is 1. The number of hydrogen-bond donors (Lipinski definition) is 2. The van der Waals surface area contributed by atoms with Gasteiger partial charge in [-0.05, 0) is 19.9 Å². The molecule has 0 aliphatic heterocycles. The van der Waals surface area contributed by atoms with Crippen LogP contribution in [0, 0.1) is 0 Å². The van der Waals surface area contributed by atoms with Crippen LogP contribution in [-0.2, 0) is 6.61 Å². The van der Waals surface area contributed by atoms with E-state index in [-0.39, 0.29) is 30.7 Å². The van der Waals surface area contributed by atoms with Crippen LogP contribution in [0.3, 0.4) is 0 Å². The van der Waals surface area contributed by atoms with E-state index >= 15 is 0 Å². The predicted octanol–water partition coefficient (Wildman–Crippen LogP) is 1.53. The van der Waals surface area contributed by atoms with Crippen LogP contribution in [0.2, 0.25) is 0 Å². The molecule has 0 saturated carbocycles. The summed E-state index contributed by atoms with van der Waals surface area (Å²) in [6, 6.07) is 7.15. The highest BCUT2D eigenvalue weighted by molar-refractivity contribution is 5.35. The summed E-state index contributed by atoms with van der Waals surface area (Å²) >= 11 is 0. The van der Waals surface area contributed by atoms with E-state index in [0.29, 0.717) is 11.3 Å². The fraction of sp³-hybridized carbons (Fsp3) is 0.308. The zero-order valence-electron chi connectivity index (χ0n) is 11.3. The number of nitrogens with two attached hydrogens (primary N) is 1. The molecule has 0 bridgehead atoms. The minimum atomic E-state index is -0.147. The number of anilines is 1. The molecule has 3 N–H and O–H groups in total. The van der Waals surface area contributed by atoms with Crippen molar-refractivity contribution in [1.82, 2.24) is 15.0 Å². The van der Waals surface area contributed by atoms with Crippen LogP contribution in [0.5, 0.6) is 17.8 Å². The Kier molecular flexibility index (Phi) is 4.31. The molecule has 0 atom stereocenters. The highest BCUT2D eigenvalue weighted by atomic mass is 16.5. The molecule has 0 aliphatic carbocycles. The fourth-order valence-corrected chi connectivity index (χ4v) is 1.49. The molecule has 0 radical (unpaired) electrons. The van der Waals surface area contributed by atoms with E-state index in [1.165, 1.54) is 0 Å². The third-order valence-corrected chi connectivity index (χ3v) is 2.30. The molecule has 0 unspecified atom stereocenters. The van der Waals surface area contributed by atoms with E-state index in [0.717, 1.165) is 0 Å². The molecule has 0 aliphatic rings. The lowest BCUT2D eigenvalue weighted by Crippen LogP contribution is -2.11. The minimum absolute atomic E-state index is 0.00660. The maximum absolute atomic E-state index is 9.24. The number of aliphatic hydroxyl groups excluding tert-OH is 1. The van der Waals surface area contributed by atoms with Crippen LogP contribution in [0.25, 0.3) is 0 Å². The van der Waals surface area contributed by atoms with Crippen LogP contribution < -0.4 is 15.2 Å². The van der Waals surface area contributed by atoms with Gasteiger partial charge in [0.25, 0.3) is 0 Å². The van der Waals surface area contributed by atoms with Crippen molar-refractivity contribution in [1.29, 1.82) is 0 Å². The number of rotatable bonds is 5. The summed E-state index contributed by atoms with van der Waals surface area (Å²) in [5, 5.41) is 9.24. The third kappa shape index (κ3) is 3.55. The van der Waals surface area contributed by atoms with Crippen molar-refractivity contribution < 1.29 is 14.6 Å². The van der Waals surface area contributed by atoms with Crippen LogP contribution in [0.15, 0.2) is 24.3 Å². The molecule has 0 amide bonds. The summed E-state index contributed by atoms with van der Waals surface area (Å²) in [4.78, 5) is 11.8. The largest absolute Gasteiger partial charge is 0.461 e. The van der Waals surface area contributed by atoms with Crippen molar-refractivity contribution in [2.45, 2.75) is 26.6 Å². The van der Waals surface area contributed by atoms with Crippen molar-refractivity contribution in [3.05, 3.63) is 29.8 Å². The molecule has 0 saturated heterocycles. The standard InChI is InChI=1S/C13H16N4O3/c1-8(2)19-12-15-11(14)16-13(17-12)20-10-6-4-3-5-9(10)7-18/h3-6,8,18H,7H2,1-2H3,(H2,14,15,16,17). The summed E-state index contributed by atoms with van der Waals surface area (Å²) in [5.74, 6) is 0.461. The van der Waals surface area contributed by atoms with Crippen molar-refractivity contribution in [3.63, 3.8) is 0 Å². The Morgan fingerprint density at radius 1 is 1.15 bits per heavy atom. The van der Waals surface area contributed by atoms with E-state index < -0.39 is 0 Å². The third-order valence-electron chi connectivity index (χ3n) is 2.30. The van der Waals surface area contributed by atoms with Gasteiger partial charge in [-0.15, -0.1) is 4.98 Å². The molecule has 1 aromatic carbocycles. The van der Waals surface area contributed by atoms with Crippen molar-refractivity contribution >= 4 is 5.95 Å². The Bertz CT molecular complexity index is 590. The lowest BCUT2D eigenvalue weighted by atomic mass is 10.2. The SMILES string of the molecule is CC(C)Oc1nc(N)nc(Oc2ccccc2CO)n1. The van der Waals surface area contributed by atoms with Crippen molar-refractivity contribution in [3.8, 4) is 17.8 Å². The predicted molar refractivity (Wildman–Crippen MR) is 72.4 cm³/mol. The van der Waals surface area contributed by atoms with Gasteiger partial charge >= 0.3 is 12.0 Å². The molecule has 1 heterocycles. The smallest absolute Gasteiger partial charge is 0.330 e. The topological polar surface area (TPSA) is 103 Å². The number of aliphatic hydroxyl groups is 1. The van der Waals surface area contributed by atoms with Gasteiger partial charge in [-0.25, -0.2) is 0 Å². The molecule has 20 heavy (non-hydrogen) atoms. The van der Waals surface area contributed by atoms with Crippen molar-refractivity contribution in [2.75, 3.05) is 5.73 Å². The fourth-order valence-electron chi connectivity index (χ4n) is 1.49. The summed E-state index contributed by atoms with van der Waals surface area (Å²) in [6.07, 6.45) is -0.0885. The zero-order valence-corrected chi connectivity index (χ0v) is 11.3. The van der Waals surface area contributed by atoms with Crippen LogP contribution in [0.1, 0.15) is 19.4 Å². The van der Waals surface area contributed by atoms with E-state index in [1.807, 2.05) is 13.8 Å². The van der Waals surface area contributed by atoms with Gasteiger partial charge in [0.2, 0.25) is 5.95 Å². The van der Waals surface area contributed by atoms with Gasteiger partial charge in [0.1, 0.15) is 5.75 Å². The number of nitrogens with zero attached hydrogens (tertiary/aromatic N) is 3. The number of benzene rings is 1. The summed E-state index contributed by atoms with van der Waals surface area (Å²) in [6.45, 7) is 3.55. The molecular weight excluding hydrogens is 260 g/mol. The van der Waals surface area contributed by atoms with Gasteiger partial charge in [-0.3, -0.25) is 0 Å². The maximum atomic E-state index is 9.24.